The molecule has 118 valence electrons. The molecule has 21 heavy (non-hydrogen) atoms. The van der Waals surface area contributed by atoms with E-state index in [1.165, 1.54) is 6.20 Å². The van der Waals surface area contributed by atoms with Gasteiger partial charge in [-0.15, -0.1) is 0 Å². The standard InChI is InChI=1S/C13H21ClN4O3/c1-8(11(20)17-13(2,3)4)16-9-7-15-18(5-6-19)12(21)10(9)14/h7-8,16,19H,5-6H2,1-4H3,(H,17,20). The van der Waals surface area contributed by atoms with E-state index in [0.717, 1.165) is 4.68 Å². The number of halogens is 1. The molecule has 8 heteroatoms. The summed E-state index contributed by atoms with van der Waals surface area (Å²) in [5, 5.41) is 18.3. The number of hydrogen-bond donors (Lipinski definition) is 3. The summed E-state index contributed by atoms with van der Waals surface area (Å²) in [5.41, 5.74) is -0.578. The zero-order valence-corrected chi connectivity index (χ0v) is 13.4. The molecule has 0 fully saturated rings. The Labute approximate surface area is 128 Å². The van der Waals surface area contributed by atoms with Crippen LogP contribution in [0.25, 0.3) is 0 Å². The molecule has 0 aliphatic heterocycles. The van der Waals surface area contributed by atoms with Crippen LogP contribution in [0.5, 0.6) is 0 Å². The molecule has 7 nitrogen and oxygen atoms in total. The Morgan fingerprint density at radius 3 is 2.67 bits per heavy atom. The van der Waals surface area contributed by atoms with Gasteiger partial charge in [0.15, 0.2) is 0 Å². The number of aliphatic hydroxyl groups is 1. The van der Waals surface area contributed by atoms with E-state index in [2.05, 4.69) is 15.7 Å². The van der Waals surface area contributed by atoms with Gasteiger partial charge in [0.05, 0.1) is 25.0 Å². The van der Waals surface area contributed by atoms with Crippen molar-refractivity contribution in [3.05, 3.63) is 21.6 Å². The molecule has 1 aromatic heterocycles. The molecule has 1 atom stereocenters. The molecule has 1 heterocycles. The largest absolute Gasteiger partial charge is 0.394 e. The van der Waals surface area contributed by atoms with Crippen molar-refractivity contribution in [3.8, 4) is 0 Å². The van der Waals surface area contributed by atoms with Gasteiger partial charge in [0.25, 0.3) is 5.56 Å². The van der Waals surface area contributed by atoms with Crippen molar-refractivity contribution in [1.29, 1.82) is 0 Å². The fraction of sp³-hybridized carbons (Fsp3) is 0.615. The summed E-state index contributed by atoms with van der Waals surface area (Å²) in [4.78, 5) is 23.9. The summed E-state index contributed by atoms with van der Waals surface area (Å²) >= 11 is 5.97. The minimum Gasteiger partial charge on any atom is -0.394 e. The van der Waals surface area contributed by atoms with Gasteiger partial charge in [0.2, 0.25) is 5.91 Å². The molecule has 0 spiro atoms. The number of aromatic nitrogens is 2. The minimum atomic E-state index is -0.573. The molecule has 3 N–H and O–H groups in total. The maximum atomic E-state index is 12.0. The van der Waals surface area contributed by atoms with Crippen molar-refractivity contribution in [1.82, 2.24) is 15.1 Å². The molecule has 1 unspecified atom stereocenters. The van der Waals surface area contributed by atoms with Crippen molar-refractivity contribution in [2.75, 3.05) is 11.9 Å². The van der Waals surface area contributed by atoms with Crippen molar-refractivity contribution in [3.63, 3.8) is 0 Å². The van der Waals surface area contributed by atoms with Gasteiger partial charge in [-0.05, 0) is 27.7 Å². The maximum absolute atomic E-state index is 12.0. The van der Waals surface area contributed by atoms with E-state index >= 15 is 0 Å². The third kappa shape index (κ3) is 5.02. The first kappa shape index (κ1) is 17.5. The first-order chi connectivity index (χ1) is 9.65. The van der Waals surface area contributed by atoms with Gasteiger partial charge in [0, 0.05) is 5.54 Å². The van der Waals surface area contributed by atoms with Crippen LogP contribution in [0.2, 0.25) is 5.02 Å². The highest BCUT2D eigenvalue weighted by Gasteiger charge is 2.20. The molecule has 0 saturated heterocycles. The summed E-state index contributed by atoms with van der Waals surface area (Å²) in [6.45, 7) is 7.16. The lowest BCUT2D eigenvalue weighted by Gasteiger charge is -2.24. The lowest BCUT2D eigenvalue weighted by atomic mass is 10.1. The predicted octanol–water partition coefficient (Wildman–Crippen LogP) is 0.604. The second-order valence-corrected chi connectivity index (χ2v) is 6.11. The number of carbonyl (C=O) groups excluding carboxylic acids is 1. The van der Waals surface area contributed by atoms with Crippen LogP contribution in [0.15, 0.2) is 11.0 Å². The molecule has 0 aliphatic rings. The fourth-order valence-electron chi connectivity index (χ4n) is 1.60. The molecule has 1 aromatic rings. The van der Waals surface area contributed by atoms with Gasteiger partial charge >= 0.3 is 0 Å². The molecule has 0 aliphatic carbocycles. The number of aliphatic hydroxyl groups excluding tert-OH is 1. The third-order valence-electron chi connectivity index (χ3n) is 2.56. The van der Waals surface area contributed by atoms with Gasteiger partial charge < -0.3 is 15.7 Å². The van der Waals surface area contributed by atoms with Gasteiger partial charge in [0.1, 0.15) is 11.1 Å². The van der Waals surface area contributed by atoms with Crippen molar-refractivity contribution in [2.24, 2.45) is 0 Å². The Balaban J connectivity index is 2.86. The monoisotopic (exact) mass is 316 g/mol. The summed E-state index contributed by atoms with van der Waals surface area (Å²) in [5.74, 6) is -0.210. The molecule has 0 saturated carbocycles. The fourth-order valence-corrected chi connectivity index (χ4v) is 1.80. The maximum Gasteiger partial charge on any atom is 0.287 e. The van der Waals surface area contributed by atoms with E-state index in [0.29, 0.717) is 0 Å². The average molecular weight is 317 g/mol. The van der Waals surface area contributed by atoms with Gasteiger partial charge in [-0.25, -0.2) is 4.68 Å². The normalized spacial score (nSPS) is 12.9. The second-order valence-electron chi connectivity index (χ2n) is 5.73. The van der Waals surface area contributed by atoms with E-state index in [4.69, 9.17) is 16.7 Å². The van der Waals surface area contributed by atoms with Crippen LogP contribution >= 0.6 is 11.6 Å². The highest BCUT2D eigenvalue weighted by Crippen LogP contribution is 2.16. The zero-order valence-electron chi connectivity index (χ0n) is 12.6. The molecule has 1 rings (SSSR count). The van der Waals surface area contributed by atoms with Crippen LogP contribution in [-0.4, -0.2) is 39.0 Å². The summed E-state index contributed by atoms with van der Waals surface area (Å²) in [7, 11) is 0. The Kier molecular flexibility index (Phi) is 5.74. The van der Waals surface area contributed by atoms with E-state index in [1.807, 2.05) is 20.8 Å². The van der Waals surface area contributed by atoms with Crippen LogP contribution in [-0.2, 0) is 11.3 Å². The number of nitrogens with one attached hydrogen (secondary N) is 2. The van der Waals surface area contributed by atoms with Crippen molar-refractivity contribution in [2.45, 2.75) is 45.8 Å². The number of hydrogen-bond acceptors (Lipinski definition) is 5. The molecule has 0 radical (unpaired) electrons. The topological polar surface area (TPSA) is 96.2 Å². The number of amides is 1. The Hall–Kier alpha value is -1.60. The highest BCUT2D eigenvalue weighted by atomic mass is 35.5. The average Bonchev–Trinajstić information content (AvgIpc) is 2.36. The molecular weight excluding hydrogens is 296 g/mol. The number of anilines is 1. The lowest BCUT2D eigenvalue weighted by molar-refractivity contribution is -0.122. The van der Waals surface area contributed by atoms with Gasteiger partial charge in [-0.1, -0.05) is 11.6 Å². The zero-order chi connectivity index (χ0) is 16.2. The first-order valence-corrected chi connectivity index (χ1v) is 6.98. The van der Waals surface area contributed by atoms with Crippen LogP contribution in [0.3, 0.4) is 0 Å². The molecule has 0 bridgehead atoms. The van der Waals surface area contributed by atoms with E-state index in [-0.39, 0.29) is 35.3 Å². The second kappa shape index (κ2) is 6.91. The summed E-state index contributed by atoms with van der Waals surface area (Å²) < 4.78 is 1.06. The smallest absolute Gasteiger partial charge is 0.287 e. The highest BCUT2D eigenvalue weighted by molar-refractivity contribution is 6.33. The number of carbonyl (C=O) groups is 1. The Morgan fingerprint density at radius 2 is 2.14 bits per heavy atom. The quantitative estimate of drug-likeness (QED) is 0.739. The third-order valence-corrected chi connectivity index (χ3v) is 2.93. The van der Waals surface area contributed by atoms with Crippen molar-refractivity contribution >= 4 is 23.2 Å². The van der Waals surface area contributed by atoms with Crippen LogP contribution < -0.4 is 16.2 Å². The number of rotatable bonds is 5. The van der Waals surface area contributed by atoms with E-state index in [1.54, 1.807) is 6.92 Å². The van der Waals surface area contributed by atoms with Gasteiger partial charge in [-0.3, -0.25) is 9.59 Å². The first-order valence-electron chi connectivity index (χ1n) is 6.60. The van der Waals surface area contributed by atoms with E-state index in [9.17, 15) is 9.59 Å². The molecule has 0 aromatic carbocycles. The van der Waals surface area contributed by atoms with Crippen LogP contribution in [0.1, 0.15) is 27.7 Å². The van der Waals surface area contributed by atoms with Gasteiger partial charge in [-0.2, -0.15) is 5.10 Å². The molecular formula is C13H21ClN4O3. The summed E-state index contributed by atoms with van der Waals surface area (Å²) in [6, 6.07) is -0.573. The Morgan fingerprint density at radius 1 is 1.52 bits per heavy atom. The summed E-state index contributed by atoms with van der Waals surface area (Å²) in [6.07, 6.45) is 1.36. The number of nitrogens with zero attached hydrogens (tertiary/aromatic N) is 2. The van der Waals surface area contributed by atoms with Crippen molar-refractivity contribution < 1.29 is 9.90 Å². The Bertz CT molecular complexity index is 566. The van der Waals surface area contributed by atoms with Crippen LogP contribution in [0.4, 0.5) is 5.69 Å². The SMILES string of the molecule is CC(Nc1cnn(CCO)c(=O)c1Cl)C(=O)NC(C)(C)C. The minimum absolute atomic E-state index is 0.0612. The van der Waals surface area contributed by atoms with Crippen LogP contribution in [0, 0.1) is 0 Å². The predicted molar refractivity (Wildman–Crippen MR) is 81.6 cm³/mol. The van der Waals surface area contributed by atoms with E-state index < -0.39 is 11.6 Å². The lowest BCUT2D eigenvalue weighted by Crippen LogP contribution is -2.47. The molecule has 1 amide bonds.